The van der Waals surface area contributed by atoms with Crippen LogP contribution in [0.2, 0.25) is 0 Å². The molecule has 1 atom stereocenters. The quantitative estimate of drug-likeness (QED) is 0.531. The lowest BCUT2D eigenvalue weighted by Gasteiger charge is -2.25. The highest BCUT2D eigenvalue weighted by atomic mass is 32.2. The molecule has 0 saturated carbocycles. The van der Waals surface area contributed by atoms with Crippen LogP contribution in [0.4, 0.5) is 5.69 Å². The third-order valence-electron chi connectivity index (χ3n) is 4.94. The number of sulfonamides is 1. The molecule has 3 rings (SSSR count). The summed E-state index contributed by atoms with van der Waals surface area (Å²) in [4.78, 5) is 13.0. The van der Waals surface area contributed by atoms with Crippen LogP contribution in [0.25, 0.3) is 0 Å². The third kappa shape index (κ3) is 6.11. The minimum absolute atomic E-state index is 0.331. The SMILES string of the molecule is CCOc1ccc(N(CC(=O)NC(c2ccccc2)c2cccc(C)c2)S(C)(=O)=O)cc1. The molecule has 0 spiro atoms. The molecule has 32 heavy (non-hydrogen) atoms. The molecular weight excluding hydrogens is 424 g/mol. The van der Waals surface area contributed by atoms with Crippen molar-refractivity contribution in [2.24, 2.45) is 0 Å². The number of benzene rings is 3. The van der Waals surface area contributed by atoms with Gasteiger partial charge in [0.2, 0.25) is 15.9 Å². The van der Waals surface area contributed by atoms with Gasteiger partial charge in [-0.15, -0.1) is 0 Å². The van der Waals surface area contributed by atoms with Gasteiger partial charge in [0.1, 0.15) is 12.3 Å². The predicted molar refractivity (Wildman–Crippen MR) is 127 cm³/mol. The van der Waals surface area contributed by atoms with Crippen molar-refractivity contribution in [1.82, 2.24) is 5.32 Å². The first kappa shape index (κ1) is 23.3. The summed E-state index contributed by atoms with van der Waals surface area (Å²) in [7, 11) is -3.68. The van der Waals surface area contributed by atoms with Crippen LogP contribution in [-0.2, 0) is 14.8 Å². The second kappa shape index (κ2) is 10.3. The average Bonchev–Trinajstić information content (AvgIpc) is 2.76. The summed E-state index contributed by atoms with van der Waals surface area (Å²) < 4.78 is 31.4. The topological polar surface area (TPSA) is 75.7 Å². The maximum atomic E-state index is 13.0. The predicted octanol–water partition coefficient (Wildman–Crippen LogP) is 4.07. The van der Waals surface area contributed by atoms with E-state index in [9.17, 15) is 13.2 Å². The molecule has 0 aliphatic heterocycles. The highest BCUT2D eigenvalue weighted by Crippen LogP contribution is 2.24. The van der Waals surface area contributed by atoms with Crippen molar-refractivity contribution in [2.75, 3.05) is 23.7 Å². The number of anilines is 1. The summed E-state index contributed by atoms with van der Waals surface area (Å²) >= 11 is 0. The fourth-order valence-corrected chi connectivity index (χ4v) is 4.32. The smallest absolute Gasteiger partial charge is 0.241 e. The van der Waals surface area contributed by atoms with E-state index < -0.39 is 22.0 Å². The van der Waals surface area contributed by atoms with Crippen LogP contribution >= 0.6 is 0 Å². The molecule has 0 aliphatic carbocycles. The molecule has 6 nitrogen and oxygen atoms in total. The number of hydrogen-bond acceptors (Lipinski definition) is 4. The zero-order valence-electron chi connectivity index (χ0n) is 18.5. The number of carbonyl (C=O) groups excluding carboxylic acids is 1. The van der Waals surface area contributed by atoms with Gasteiger partial charge < -0.3 is 10.1 Å². The monoisotopic (exact) mass is 452 g/mol. The summed E-state index contributed by atoms with van der Waals surface area (Å²) in [5.41, 5.74) is 3.32. The molecular formula is C25H28N2O4S. The van der Waals surface area contributed by atoms with Crippen LogP contribution in [0.1, 0.15) is 29.7 Å². The average molecular weight is 453 g/mol. The molecule has 1 N–H and O–H groups in total. The van der Waals surface area contributed by atoms with E-state index in [4.69, 9.17) is 4.74 Å². The molecule has 0 fully saturated rings. The fourth-order valence-electron chi connectivity index (χ4n) is 3.47. The Kier molecular flexibility index (Phi) is 7.53. The van der Waals surface area contributed by atoms with Crippen LogP contribution in [0.15, 0.2) is 78.9 Å². The maximum Gasteiger partial charge on any atom is 0.241 e. The van der Waals surface area contributed by atoms with Crippen molar-refractivity contribution in [2.45, 2.75) is 19.9 Å². The van der Waals surface area contributed by atoms with Gasteiger partial charge in [-0.25, -0.2) is 8.42 Å². The Bertz CT molecular complexity index is 1150. The third-order valence-corrected chi connectivity index (χ3v) is 6.08. The number of hydrogen-bond donors (Lipinski definition) is 1. The lowest BCUT2D eigenvalue weighted by atomic mass is 9.97. The highest BCUT2D eigenvalue weighted by molar-refractivity contribution is 7.92. The Morgan fingerprint density at radius 1 is 0.969 bits per heavy atom. The van der Waals surface area contributed by atoms with Gasteiger partial charge in [-0.3, -0.25) is 9.10 Å². The summed E-state index contributed by atoms with van der Waals surface area (Å²) in [5, 5.41) is 3.01. The van der Waals surface area contributed by atoms with Crippen molar-refractivity contribution < 1.29 is 17.9 Å². The molecule has 0 bridgehead atoms. The number of nitrogens with one attached hydrogen (secondary N) is 1. The normalized spacial score (nSPS) is 12.1. The molecule has 7 heteroatoms. The minimum Gasteiger partial charge on any atom is -0.494 e. The van der Waals surface area contributed by atoms with Crippen LogP contribution in [0.5, 0.6) is 5.75 Å². The van der Waals surface area contributed by atoms with E-state index >= 15 is 0 Å². The van der Waals surface area contributed by atoms with Gasteiger partial charge in [-0.1, -0.05) is 60.2 Å². The molecule has 0 aliphatic rings. The summed E-state index contributed by atoms with van der Waals surface area (Å²) in [6, 6.07) is 23.7. The van der Waals surface area contributed by atoms with Crippen LogP contribution < -0.4 is 14.4 Å². The Labute approximate surface area is 189 Å². The summed E-state index contributed by atoms with van der Waals surface area (Å²) in [6.45, 7) is 4.04. The molecule has 0 heterocycles. The van der Waals surface area contributed by atoms with E-state index in [1.165, 1.54) is 0 Å². The zero-order chi connectivity index (χ0) is 23.1. The first-order valence-electron chi connectivity index (χ1n) is 10.4. The van der Waals surface area contributed by atoms with Gasteiger partial charge in [0.15, 0.2) is 0 Å². The van der Waals surface area contributed by atoms with Gasteiger partial charge in [0.25, 0.3) is 0 Å². The van der Waals surface area contributed by atoms with Crippen molar-refractivity contribution in [3.05, 3.63) is 95.6 Å². The lowest BCUT2D eigenvalue weighted by molar-refractivity contribution is -0.120. The minimum atomic E-state index is -3.68. The summed E-state index contributed by atoms with van der Waals surface area (Å²) in [6.07, 6.45) is 1.09. The Morgan fingerprint density at radius 2 is 1.62 bits per heavy atom. The van der Waals surface area contributed by atoms with E-state index in [2.05, 4.69) is 5.32 Å². The van der Waals surface area contributed by atoms with Gasteiger partial charge in [0, 0.05) is 0 Å². The summed E-state index contributed by atoms with van der Waals surface area (Å²) in [5.74, 6) is 0.234. The van der Waals surface area contributed by atoms with E-state index in [0.29, 0.717) is 18.0 Å². The molecule has 1 amide bonds. The van der Waals surface area contributed by atoms with Gasteiger partial charge >= 0.3 is 0 Å². The molecule has 168 valence electrons. The zero-order valence-corrected chi connectivity index (χ0v) is 19.3. The molecule has 0 radical (unpaired) electrons. The number of aryl methyl sites for hydroxylation is 1. The number of amides is 1. The largest absolute Gasteiger partial charge is 0.494 e. The number of nitrogens with zero attached hydrogens (tertiary/aromatic N) is 1. The second-order valence-corrected chi connectivity index (χ2v) is 9.43. The van der Waals surface area contributed by atoms with Crippen molar-refractivity contribution in [1.29, 1.82) is 0 Å². The van der Waals surface area contributed by atoms with Crippen molar-refractivity contribution in [3.63, 3.8) is 0 Å². The van der Waals surface area contributed by atoms with Gasteiger partial charge in [-0.05, 0) is 49.2 Å². The lowest BCUT2D eigenvalue weighted by Crippen LogP contribution is -2.41. The van der Waals surface area contributed by atoms with E-state index in [1.54, 1.807) is 24.3 Å². The van der Waals surface area contributed by atoms with Crippen molar-refractivity contribution in [3.8, 4) is 5.75 Å². The Balaban J connectivity index is 1.86. The fraction of sp³-hybridized carbons (Fsp3) is 0.240. The molecule has 0 saturated heterocycles. The number of rotatable bonds is 9. The van der Waals surface area contributed by atoms with Crippen LogP contribution in [0.3, 0.4) is 0 Å². The number of carbonyl (C=O) groups is 1. The first-order valence-corrected chi connectivity index (χ1v) is 12.2. The van der Waals surface area contributed by atoms with E-state index in [0.717, 1.165) is 27.3 Å². The van der Waals surface area contributed by atoms with E-state index in [-0.39, 0.29) is 6.54 Å². The van der Waals surface area contributed by atoms with Gasteiger partial charge in [-0.2, -0.15) is 0 Å². The maximum absolute atomic E-state index is 13.0. The van der Waals surface area contributed by atoms with E-state index in [1.807, 2.05) is 68.4 Å². The second-order valence-electron chi connectivity index (χ2n) is 7.52. The molecule has 0 aromatic heterocycles. The molecule has 3 aromatic carbocycles. The van der Waals surface area contributed by atoms with Crippen LogP contribution in [0, 0.1) is 6.92 Å². The Hall–Kier alpha value is -3.32. The Morgan fingerprint density at radius 3 is 2.22 bits per heavy atom. The van der Waals surface area contributed by atoms with Crippen molar-refractivity contribution >= 4 is 21.6 Å². The van der Waals surface area contributed by atoms with Crippen LogP contribution in [-0.4, -0.2) is 33.7 Å². The first-order chi connectivity index (χ1) is 15.3. The molecule has 1 unspecified atom stereocenters. The molecule has 3 aromatic rings. The van der Waals surface area contributed by atoms with Gasteiger partial charge in [0.05, 0.1) is 24.6 Å². The highest BCUT2D eigenvalue weighted by Gasteiger charge is 2.24. The standard InChI is InChI=1S/C25H28N2O4S/c1-4-31-23-15-13-22(14-16-23)27(32(3,29)30)18-24(28)26-25(20-10-6-5-7-11-20)21-12-8-9-19(2)17-21/h5-17,25H,4,18H2,1-3H3,(H,26,28). The number of ether oxygens (including phenoxy) is 1.